The van der Waals surface area contributed by atoms with E-state index in [0.29, 0.717) is 30.2 Å². The number of hydrogen-bond acceptors (Lipinski definition) is 3. The van der Waals surface area contributed by atoms with Gasteiger partial charge in [0, 0.05) is 54.4 Å². The normalized spacial score (nSPS) is 18.3. The van der Waals surface area contributed by atoms with Gasteiger partial charge in [-0.05, 0) is 53.9 Å². The van der Waals surface area contributed by atoms with Gasteiger partial charge < -0.3 is 15.1 Å². The lowest BCUT2D eigenvalue weighted by Crippen LogP contribution is -2.62. The van der Waals surface area contributed by atoms with Crippen LogP contribution in [0, 0.1) is 0 Å². The zero-order valence-electron chi connectivity index (χ0n) is 18.3. The molecule has 0 bridgehead atoms. The quantitative estimate of drug-likeness (QED) is 0.617. The number of halogens is 1. The van der Waals surface area contributed by atoms with Gasteiger partial charge in [0.05, 0.1) is 0 Å². The zero-order chi connectivity index (χ0) is 22.8. The molecule has 5 nitrogen and oxygen atoms in total. The number of rotatable bonds is 5. The predicted molar refractivity (Wildman–Crippen MR) is 130 cm³/mol. The molecule has 1 N–H and O–H groups in total. The van der Waals surface area contributed by atoms with E-state index in [2.05, 4.69) is 5.32 Å². The Morgan fingerprint density at radius 2 is 1.39 bits per heavy atom. The van der Waals surface area contributed by atoms with Crippen molar-refractivity contribution in [2.24, 2.45) is 0 Å². The molecule has 0 aliphatic carbocycles. The van der Waals surface area contributed by atoms with E-state index < -0.39 is 0 Å². The van der Waals surface area contributed by atoms with E-state index in [0.717, 1.165) is 29.7 Å². The van der Waals surface area contributed by atoms with Crippen molar-refractivity contribution in [2.75, 3.05) is 26.2 Å². The molecule has 0 radical (unpaired) electrons. The molecule has 2 amide bonds. The van der Waals surface area contributed by atoms with Gasteiger partial charge in [-0.2, -0.15) is 0 Å². The molecule has 2 aliphatic rings. The Bertz CT molecular complexity index is 1140. The number of carbonyl (C=O) groups excluding carboxylic acids is 2. The van der Waals surface area contributed by atoms with E-state index in [1.165, 1.54) is 0 Å². The van der Waals surface area contributed by atoms with Gasteiger partial charge in [0.15, 0.2) is 0 Å². The van der Waals surface area contributed by atoms with Gasteiger partial charge in [-0.25, -0.2) is 0 Å². The average Bonchev–Trinajstić information content (AvgIpc) is 3.29. The van der Waals surface area contributed by atoms with Gasteiger partial charge in [-0.3, -0.25) is 9.59 Å². The van der Waals surface area contributed by atoms with Crippen LogP contribution in [0.25, 0.3) is 11.1 Å². The molecule has 33 heavy (non-hydrogen) atoms. The molecular formula is C27H26ClN3O2. The molecule has 5 rings (SSSR count). The number of hydrogen-bond donors (Lipinski definition) is 1. The van der Waals surface area contributed by atoms with Crippen LogP contribution < -0.4 is 5.32 Å². The van der Waals surface area contributed by atoms with Gasteiger partial charge in [0.2, 0.25) is 0 Å². The van der Waals surface area contributed by atoms with Crippen molar-refractivity contribution in [3.05, 3.63) is 95.0 Å². The van der Waals surface area contributed by atoms with Crippen LogP contribution in [-0.2, 0) is 0 Å². The molecule has 3 aromatic rings. The number of likely N-dealkylation sites (tertiary alicyclic amines) is 2. The SMILES string of the molecule is O=C(c1ccc(-c2cccc(Cl)c2)cc1)N1CC(N[C@H]2CCN(C(=O)c3ccccc3)C2)C1. The van der Waals surface area contributed by atoms with Crippen molar-refractivity contribution < 1.29 is 9.59 Å². The Morgan fingerprint density at radius 1 is 0.727 bits per heavy atom. The summed E-state index contributed by atoms with van der Waals surface area (Å²) in [6, 6.07) is 25.4. The summed E-state index contributed by atoms with van der Waals surface area (Å²) < 4.78 is 0. The lowest BCUT2D eigenvalue weighted by molar-refractivity contribution is 0.0552. The largest absolute Gasteiger partial charge is 0.337 e. The molecule has 2 saturated heterocycles. The molecule has 2 heterocycles. The molecule has 2 fully saturated rings. The van der Waals surface area contributed by atoms with Gasteiger partial charge in [0.1, 0.15) is 0 Å². The Balaban J connectivity index is 1.11. The number of benzene rings is 3. The van der Waals surface area contributed by atoms with Crippen LogP contribution in [0.4, 0.5) is 0 Å². The molecule has 0 spiro atoms. The van der Waals surface area contributed by atoms with Crippen molar-refractivity contribution in [2.45, 2.75) is 18.5 Å². The highest BCUT2D eigenvalue weighted by atomic mass is 35.5. The summed E-state index contributed by atoms with van der Waals surface area (Å²) in [5, 5.41) is 4.32. The Morgan fingerprint density at radius 3 is 2.12 bits per heavy atom. The minimum Gasteiger partial charge on any atom is -0.337 e. The highest BCUT2D eigenvalue weighted by Crippen LogP contribution is 2.24. The first-order valence-electron chi connectivity index (χ1n) is 11.3. The maximum Gasteiger partial charge on any atom is 0.253 e. The molecule has 1 atom stereocenters. The second-order valence-electron chi connectivity index (χ2n) is 8.76. The predicted octanol–water partition coefficient (Wildman–Crippen LogP) is 4.34. The Kier molecular flexibility index (Phi) is 6.16. The van der Waals surface area contributed by atoms with E-state index in [-0.39, 0.29) is 23.9 Å². The fraction of sp³-hybridized carbons (Fsp3) is 0.259. The van der Waals surface area contributed by atoms with Crippen molar-refractivity contribution >= 4 is 23.4 Å². The third-order valence-corrected chi connectivity index (χ3v) is 6.66. The summed E-state index contributed by atoms with van der Waals surface area (Å²) in [5.74, 6) is 0.143. The van der Waals surface area contributed by atoms with Gasteiger partial charge >= 0.3 is 0 Å². The number of nitrogens with zero attached hydrogens (tertiary/aromatic N) is 2. The van der Waals surface area contributed by atoms with Gasteiger partial charge in [-0.1, -0.05) is 54.1 Å². The number of amides is 2. The van der Waals surface area contributed by atoms with Crippen molar-refractivity contribution in [3.63, 3.8) is 0 Å². The third kappa shape index (κ3) is 4.80. The molecular weight excluding hydrogens is 434 g/mol. The smallest absolute Gasteiger partial charge is 0.253 e. The van der Waals surface area contributed by atoms with E-state index in [1.54, 1.807) is 0 Å². The number of nitrogens with one attached hydrogen (secondary N) is 1. The first-order chi connectivity index (χ1) is 16.1. The zero-order valence-corrected chi connectivity index (χ0v) is 19.0. The van der Waals surface area contributed by atoms with Crippen LogP contribution in [0.3, 0.4) is 0 Å². The van der Waals surface area contributed by atoms with Crippen LogP contribution in [-0.4, -0.2) is 59.9 Å². The van der Waals surface area contributed by atoms with Crippen molar-refractivity contribution in [1.82, 2.24) is 15.1 Å². The van der Waals surface area contributed by atoms with E-state index in [4.69, 9.17) is 11.6 Å². The molecule has 3 aromatic carbocycles. The van der Waals surface area contributed by atoms with Crippen molar-refractivity contribution in [1.29, 1.82) is 0 Å². The lowest BCUT2D eigenvalue weighted by atomic mass is 10.0. The van der Waals surface area contributed by atoms with Crippen LogP contribution in [0.2, 0.25) is 5.02 Å². The van der Waals surface area contributed by atoms with Crippen LogP contribution >= 0.6 is 11.6 Å². The monoisotopic (exact) mass is 459 g/mol. The summed E-state index contributed by atoms with van der Waals surface area (Å²) >= 11 is 6.08. The third-order valence-electron chi connectivity index (χ3n) is 6.43. The summed E-state index contributed by atoms with van der Waals surface area (Å²) in [7, 11) is 0. The fourth-order valence-electron chi connectivity index (χ4n) is 4.58. The molecule has 168 valence electrons. The standard InChI is InChI=1S/C27H26ClN3O2/c28-23-8-4-7-22(15-23)19-9-11-21(12-10-19)27(33)31-17-25(18-31)29-24-13-14-30(16-24)26(32)20-5-2-1-3-6-20/h1-12,15,24-25,29H,13-14,16-18H2/t24-/m0/s1. The topological polar surface area (TPSA) is 52.7 Å². The summed E-state index contributed by atoms with van der Waals surface area (Å²) in [4.78, 5) is 29.2. The van der Waals surface area contributed by atoms with Gasteiger partial charge in [-0.15, -0.1) is 0 Å². The minimum absolute atomic E-state index is 0.0537. The van der Waals surface area contributed by atoms with Gasteiger partial charge in [0.25, 0.3) is 11.8 Å². The fourth-order valence-corrected chi connectivity index (χ4v) is 4.77. The van der Waals surface area contributed by atoms with Crippen LogP contribution in [0.5, 0.6) is 0 Å². The summed E-state index contributed by atoms with van der Waals surface area (Å²) in [5.41, 5.74) is 3.50. The molecule has 0 unspecified atom stereocenters. The highest BCUT2D eigenvalue weighted by Gasteiger charge is 2.35. The summed E-state index contributed by atoms with van der Waals surface area (Å²) in [6.07, 6.45) is 0.938. The van der Waals surface area contributed by atoms with Crippen molar-refractivity contribution in [3.8, 4) is 11.1 Å². The molecule has 6 heteroatoms. The average molecular weight is 460 g/mol. The second kappa shape index (κ2) is 9.38. The molecule has 2 aliphatic heterocycles. The maximum absolute atomic E-state index is 12.8. The summed E-state index contributed by atoms with van der Waals surface area (Å²) in [6.45, 7) is 2.86. The van der Waals surface area contributed by atoms with E-state index in [9.17, 15) is 9.59 Å². The molecule has 0 aromatic heterocycles. The molecule has 0 saturated carbocycles. The van der Waals surface area contributed by atoms with E-state index in [1.807, 2.05) is 88.7 Å². The highest BCUT2D eigenvalue weighted by molar-refractivity contribution is 6.30. The Labute approximate surface area is 199 Å². The van der Waals surface area contributed by atoms with Crippen LogP contribution in [0.1, 0.15) is 27.1 Å². The second-order valence-corrected chi connectivity index (χ2v) is 9.20. The maximum atomic E-state index is 12.8. The first-order valence-corrected chi connectivity index (χ1v) is 11.7. The Hall–Kier alpha value is -3.15. The first kappa shape index (κ1) is 21.7. The van der Waals surface area contributed by atoms with E-state index >= 15 is 0 Å². The van der Waals surface area contributed by atoms with Crippen LogP contribution in [0.15, 0.2) is 78.9 Å². The minimum atomic E-state index is 0.0537. The number of carbonyl (C=O) groups is 2. The lowest BCUT2D eigenvalue weighted by Gasteiger charge is -2.41.